The molecule has 1 unspecified atom stereocenters. The van der Waals surface area contributed by atoms with Crippen LogP contribution in [0.4, 0.5) is 4.39 Å². The summed E-state index contributed by atoms with van der Waals surface area (Å²) in [4.78, 5) is 0. The van der Waals surface area contributed by atoms with Gasteiger partial charge in [-0.25, -0.2) is 4.39 Å². The van der Waals surface area contributed by atoms with Crippen LogP contribution in [0.25, 0.3) is 0 Å². The number of nitrogens with one attached hydrogen (secondary N) is 1. The quantitative estimate of drug-likeness (QED) is 0.836. The first-order valence-corrected chi connectivity index (χ1v) is 7.29. The van der Waals surface area contributed by atoms with Gasteiger partial charge in [0.1, 0.15) is 11.6 Å². The molecular weight excluding hydrogens is 265 g/mol. The predicted octanol–water partition coefficient (Wildman–Crippen LogP) is 4.64. The Kier molecular flexibility index (Phi) is 5.34. The van der Waals surface area contributed by atoms with E-state index in [4.69, 9.17) is 4.74 Å². The van der Waals surface area contributed by atoms with Crippen LogP contribution in [0.15, 0.2) is 48.5 Å². The fourth-order valence-electron chi connectivity index (χ4n) is 2.46. The maximum absolute atomic E-state index is 13.4. The molecular formula is C18H22FNO. The summed E-state index contributed by atoms with van der Waals surface area (Å²) >= 11 is 0. The molecule has 2 nitrogen and oxygen atoms in total. The van der Waals surface area contributed by atoms with E-state index < -0.39 is 0 Å². The zero-order valence-electron chi connectivity index (χ0n) is 12.8. The number of hydrogen-bond acceptors (Lipinski definition) is 2. The van der Waals surface area contributed by atoms with Crippen LogP contribution in [-0.2, 0) is 0 Å². The highest BCUT2D eigenvalue weighted by Crippen LogP contribution is 2.24. The SMILES string of the molecule is CCC(N[C@@H](C)c1ccc(OC)cc1)c1cccc(F)c1. The van der Waals surface area contributed by atoms with Crippen molar-refractivity contribution >= 4 is 0 Å². The number of methoxy groups -OCH3 is 1. The Labute approximate surface area is 126 Å². The minimum atomic E-state index is -0.190. The summed E-state index contributed by atoms with van der Waals surface area (Å²) in [6, 6.07) is 15.1. The first-order valence-electron chi connectivity index (χ1n) is 7.29. The molecule has 0 spiro atoms. The Hall–Kier alpha value is -1.87. The molecule has 1 N–H and O–H groups in total. The molecule has 0 heterocycles. The van der Waals surface area contributed by atoms with Gasteiger partial charge in [0.2, 0.25) is 0 Å². The smallest absolute Gasteiger partial charge is 0.123 e. The molecule has 21 heavy (non-hydrogen) atoms. The summed E-state index contributed by atoms with van der Waals surface area (Å²) in [6.45, 7) is 4.22. The lowest BCUT2D eigenvalue weighted by molar-refractivity contribution is 0.413. The molecule has 0 fully saturated rings. The van der Waals surface area contributed by atoms with Gasteiger partial charge in [-0.2, -0.15) is 0 Å². The molecule has 0 saturated carbocycles. The van der Waals surface area contributed by atoms with Crippen molar-refractivity contribution in [1.29, 1.82) is 0 Å². The highest BCUT2D eigenvalue weighted by atomic mass is 19.1. The molecule has 2 aromatic carbocycles. The summed E-state index contributed by atoms with van der Waals surface area (Å²) in [7, 11) is 1.66. The standard InChI is InChI=1S/C18H22FNO/c1-4-18(15-6-5-7-16(19)12-15)20-13(2)14-8-10-17(21-3)11-9-14/h5-13,18,20H,4H2,1-3H3/t13-,18?/m0/s1. The summed E-state index contributed by atoms with van der Waals surface area (Å²) in [5.74, 6) is 0.660. The average molecular weight is 287 g/mol. The van der Waals surface area contributed by atoms with Crippen molar-refractivity contribution < 1.29 is 9.13 Å². The lowest BCUT2D eigenvalue weighted by Gasteiger charge is -2.23. The highest BCUT2D eigenvalue weighted by molar-refractivity contribution is 5.29. The molecule has 112 valence electrons. The van der Waals surface area contributed by atoms with Gasteiger partial charge in [-0.05, 0) is 48.7 Å². The maximum Gasteiger partial charge on any atom is 0.123 e. The van der Waals surface area contributed by atoms with E-state index in [9.17, 15) is 4.39 Å². The van der Waals surface area contributed by atoms with Gasteiger partial charge in [0.25, 0.3) is 0 Å². The van der Waals surface area contributed by atoms with Crippen LogP contribution in [0.2, 0.25) is 0 Å². The van der Waals surface area contributed by atoms with Crippen molar-refractivity contribution in [1.82, 2.24) is 5.32 Å². The minimum Gasteiger partial charge on any atom is -0.497 e. The second kappa shape index (κ2) is 7.23. The molecule has 2 atom stereocenters. The molecule has 0 bridgehead atoms. The van der Waals surface area contributed by atoms with E-state index in [1.165, 1.54) is 11.6 Å². The van der Waals surface area contributed by atoms with E-state index >= 15 is 0 Å². The van der Waals surface area contributed by atoms with Crippen molar-refractivity contribution in [3.63, 3.8) is 0 Å². The van der Waals surface area contributed by atoms with Crippen LogP contribution in [-0.4, -0.2) is 7.11 Å². The van der Waals surface area contributed by atoms with E-state index in [-0.39, 0.29) is 17.9 Å². The van der Waals surface area contributed by atoms with Gasteiger partial charge in [-0.3, -0.25) is 0 Å². The summed E-state index contributed by atoms with van der Waals surface area (Å²) in [6.07, 6.45) is 0.907. The summed E-state index contributed by atoms with van der Waals surface area (Å²) in [5.41, 5.74) is 2.17. The second-order valence-electron chi connectivity index (χ2n) is 5.18. The Bertz CT molecular complexity index is 568. The van der Waals surface area contributed by atoms with Crippen LogP contribution in [0.5, 0.6) is 5.75 Å². The zero-order chi connectivity index (χ0) is 15.2. The first kappa shape index (κ1) is 15.5. The maximum atomic E-state index is 13.4. The third-order valence-electron chi connectivity index (χ3n) is 3.73. The van der Waals surface area contributed by atoms with Gasteiger partial charge < -0.3 is 10.1 Å². The van der Waals surface area contributed by atoms with Gasteiger partial charge in [0, 0.05) is 12.1 Å². The van der Waals surface area contributed by atoms with Crippen LogP contribution >= 0.6 is 0 Å². The van der Waals surface area contributed by atoms with Crippen LogP contribution < -0.4 is 10.1 Å². The van der Waals surface area contributed by atoms with Gasteiger partial charge in [-0.15, -0.1) is 0 Å². The molecule has 2 rings (SSSR count). The van der Waals surface area contributed by atoms with Gasteiger partial charge >= 0.3 is 0 Å². The van der Waals surface area contributed by atoms with Crippen molar-refractivity contribution in [3.8, 4) is 5.75 Å². The molecule has 3 heteroatoms. The third-order valence-corrected chi connectivity index (χ3v) is 3.73. The van der Waals surface area contributed by atoms with E-state index in [0.29, 0.717) is 0 Å². The zero-order valence-corrected chi connectivity index (χ0v) is 12.8. The van der Waals surface area contributed by atoms with Crippen LogP contribution in [0.1, 0.15) is 43.5 Å². The van der Waals surface area contributed by atoms with Crippen LogP contribution in [0, 0.1) is 5.82 Å². The normalized spacial score (nSPS) is 13.7. The van der Waals surface area contributed by atoms with E-state index in [1.807, 2.05) is 18.2 Å². The molecule has 0 aliphatic heterocycles. The molecule has 2 aromatic rings. The molecule has 0 aliphatic carbocycles. The molecule has 0 amide bonds. The molecule has 0 radical (unpaired) electrons. The van der Waals surface area contributed by atoms with Crippen molar-refractivity contribution in [2.75, 3.05) is 7.11 Å². The Morgan fingerprint density at radius 3 is 2.38 bits per heavy atom. The first-order chi connectivity index (χ1) is 10.1. The van der Waals surface area contributed by atoms with Crippen LogP contribution in [0.3, 0.4) is 0 Å². The minimum absolute atomic E-state index is 0.137. The van der Waals surface area contributed by atoms with Crippen molar-refractivity contribution in [3.05, 3.63) is 65.5 Å². The topological polar surface area (TPSA) is 21.3 Å². The predicted molar refractivity (Wildman–Crippen MR) is 84.0 cm³/mol. The lowest BCUT2D eigenvalue weighted by Crippen LogP contribution is -2.24. The number of hydrogen-bond donors (Lipinski definition) is 1. The van der Waals surface area contributed by atoms with E-state index in [1.54, 1.807) is 19.2 Å². The van der Waals surface area contributed by atoms with Gasteiger partial charge in [0.15, 0.2) is 0 Å². The average Bonchev–Trinajstić information content (AvgIpc) is 2.52. The van der Waals surface area contributed by atoms with Crippen molar-refractivity contribution in [2.24, 2.45) is 0 Å². The largest absolute Gasteiger partial charge is 0.497 e. The molecule has 0 saturated heterocycles. The number of benzene rings is 2. The Balaban J connectivity index is 2.10. The van der Waals surface area contributed by atoms with Gasteiger partial charge in [-0.1, -0.05) is 31.2 Å². The second-order valence-corrected chi connectivity index (χ2v) is 5.18. The lowest BCUT2D eigenvalue weighted by atomic mass is 10.0. The third kappa shape index (κ3) is 4.05. The molecule has 0 aliphatic rings. The van der Waals surface area contributed by atoms with E-state index in [2.05, 4.69) is 31.3 Å². The fraction of sp³-hybridized carbons (Fsp3) is 0.333. The van der Waals surface area contributed by atoms with Crippen molar-refractivity contribution in [2.45, 2.75) is 32.4 Å². The number of halogens is 1. The monoisotopic (exact) mass is 287 g/mol. The van der Waals surface area contributed by atoms with Gasteiger partial charge in [0.05, 0.1) is 7.11 Å². The Morgan fingerprint density at radius 1 is 1.10 bits per heavy atom. The summed E-state index contributed by atoms with van der Waals surface area (Å²) < 4.78 is 18.5. The molecule has 0 aromatic heterocycles. The Morgan fingerprint density at radius 2 is 1.81 bits per heavy atom. The highest BCUT2D eigenvalue weighted by Gasteiger charge is 2.14. The summed E-state index contributed by atoms with van der Waals surface area (Å²) in [5, 5.41) is 3.56. The fourth-order valence-corrected chi connectivity index (χ4v) is 2.46. The van der Waals surface area contributed by atoms with E-state index in [0.717, 1.165) is 17.7 Å². The number of rotatable bonds is 6. The number of ether oxygens (including phenoxy) is 1.